The number of hydrogen-bond donors (Lipinski definition) is 2. The SMILES string of the molecule is CC(C)OC(=O)CCN=C(N)NC1CCCCC1. The predicted octanol–water partition coefficient (Wildman–Crippen LogP) is 1.57. The number of nitrogens with two attached hydrogens (primary N) is 1. The molecule has 0 unspecified atom stereocenters. The molecule has 0 radical (unpaired) electrons. The van der Waals surface area contributed by atoms with Crippen LogP contribution in [0.5, 0.6) is 0 Å². The van der Waals surface area contributed by atoms with Crippen LogP contribution in [0.25, 0.3) is 0 Å². The molecule has 5 heteroatoms. The Hall–Kier alpha value is -1.26. The minimum atomic E-state index is -0.223. The van der Waals surface area contributed by atoms with Crippen LogP contribution in [0.4, 0.5) is 0 Å². The molecule has 0 atom stereocenters. The lowest BCUT2D eigenvalue weighted by Gasteiger charge is -2.23. The van der Waals surface area contributed by atoms with Crippen LogP contribution < -0.4 is 11.1 Å². The molecule has 0 aromatic heterocycles. The topological polar surface area (TPSA) is 76.7 Å². The number of nitrogens with zero attached hydrogens (tertiary/aromatic N) is 1. The van der Waals surface area contributed by atoms with Gasteiger partial charge < -0.3 is 15.8 Å². The largest absolute Gasteiger partial charge is 0.463 e. The molecule has 0 aromatic carbocycles. The highest BCUT2D eigenvalue weighted by atomic mass is 16.5. The molecule has 1 fully saturated rings. The summed E-state index contributed by atoms with van der Waals surface area (Å²) in [6, 6.07) is 0.449. The van der Waals surface area contributed by atoms with E-state index in [0.717, 1.165) is 12.8 Å². The fourth-order valence-electron chi connectivity index (χ4n) is 2.09. The van der Waals surface area contributed by atoms with Gasteiger partial charge in [-0.15, -0.1) is 0 Å². The molecular weight excluding hydrogens is 230 g/mol. The van der Waals surface area contributed by atoms with E-state index in [1.165, 1.54) is 19.3 Å². The minimum absolute atomic E-state index is 0.0702. The van der Waals surface area contributed by atoms with Gasteiger partial charge in [0, 0.05) is 6.04 Å². The van der Waals surface area contributed by atoms with Gasteiger partial charge >= 0.3 is 5.97 Å². The van der Waals surface area contributed by atoms with Crippen molar-refractivity contribution in [3.8, 4) is 0 Å². The van der Waals surface area contributed by atoms with Crippen molar-refractivity contribution in [3.05, 3.63) is 0 Å². The second-order valence-electron chi connectivity index (χ2n) is 5.03. The molecule has 18 heavy (non-hydrogen) atoms. The van der Waals surface area contributed by atoms with E-state index < -0.39 is 0 Å². The van der Waals surface area contributed by atoms with Crippen molar-refractivity contribution in [1.82, 2.24) is 5.32 Å². The van der Waals surface area contributed by atoms with Crippen molar-refractivity contribution in [2.24, 2.45) is 10.7 Å². The maximum atomic E-state index is 11.3. The highest BCUT2D eigenvalue weighted by Gasteiger charge is 2.13. The lowest BCUT2D eigenvalue weighted by molar-refractivity contribution is -0.147. The van der Waals surface area contributed by atoms with E-state index in [9.17, 15) is 4.79 Å². The summed E-state index contributed by atoms with van der Waals surface area (Å²) >= 11 is 0. The highest BCUT2D eigenvalue weighted by Crippen LogP contribution is 2.16. The van der Waals surface area contributed by atoms with E-state index in [2.05, 4.69) is 10.3 Å². The smallest absolute Gasteiger partial charge is 0.307 e. The third-order valence-electron chi connectivity index (χ3n) is 2.92. The summed E-state index contributed by atoms with van der Waals surface area (Å²) in [4.78, 5) is 15.4. The zero-order valence-corrected chi connectivity index (χ0v) is 11.4. The van der Waals surface area contributed by atoms with Crippen LogP contribution in [0.2, 0.25) is 0 Å². The van der Waals surface area contributed by atoms with Crippen LogP contribution in [-0.4, -0.2) is 30.6 Å². The number of carbonyl (C=O) groups excluding carboxylic acids is 1. The van der Waals surface area contributed by atoms with Gasteiger partial charge in [0.15, 0.2) is 5.96 Å². The van der Waals surface area contributed by atoms with E-state index in [1.807, 2.05) is 13.8 Å². The number of esters is 1. The van der Waals surface area contributed by atoms with Gasteiger partial charge in [-0.2, -0.15) is 0 Å². The first-order valence-corrected chi connectivity index (χ1v) is 6.84. The normalized spacial score (nSPS) is 17.8. The molecule has 0 heterocycles. The van der Waals surface area contributed by atoms with Crippen molar-refractivity contribution < 1.29 is 9.53 Å². The lowest BCUT2D eigenvalue weighted by Crippen LogP contribution is -2.41. The maximum absolute atomic E-state index is 11.3. The first-order chi connectivity index (χ1) is 8.58. The fourth-order valence-corrected chi connectivity index (χ4v) is 2.09. The van der Waals surface area contributed by atoms with Gasteiger partial charge in [0.05, 0.1) is 19.1 Å². The van der Waals surface area contributed by atoms with Gasteiger partial charge in [0.25, 0.3) is 0 Å². The summed E-state index contributed by atoms with van der Waals surface area (Å²) < 4.78 is 5.01. The van der Waals surface area contributed by atoms with Gasteiger partial charge in [-0.05, 0) is 26.7 Å². The summed E-state index contributed by atoms with van der Waals surface area (Å²) in [6.45, 7) is 4.05. The van der Waals surface area contributed by atoms with Gasteiger partial charge in [-0.25, -0.2) is 0 Å². The first kappa shape index (κ1) is 14.8. The van der Waals surface area contributed by atoms with Crippen LogP contribution in [0, 0.1) is 0 Å². The zero-order valence-electron chi connectivity index (χ0n) is 11.4. The highest BCUT2D eigenvalue weighted by molar-refractivity contribution is 5.78. The molecule has 104 valence electrons. The van der Waals surface area contributed by atoms with Gasteiger partial charge in [0.2, 0.25) is 0 Å². The Morgan fingerprint density at radius 1 is 1.39 bits per heavy atom. The molecule has 1 rings (SSSR count). The molecule has 0 amide bonds. The molecule has 1 saturated carbocycles. The molecule has 1 aliphatic rings. The van der Waals surface area contributed by atoms with Crippen LogP contribution in [0.3, 0.4) is 0 Å². The van der Waals surface area contributed by atoms with Crippen molar-refractivity contribution in [2.45, 2.75) is 64.5 Å². The molecule has 0 aliphatic heterocycles. The zero-order chi connectivity index (χ0) is 13.4. The number of hydrogen-bond acceptors (Lipinski definition) is 3. The summed E-state index contributed by atoms with van der Waals surface area (Å²) in [5.74, 6) is 0.221. The Morgan fingerprint density at radius 2 is 2.06 bits per heavy atom. The van der Waals surface area contributed by atoms with E-state index in [-0.39, 0.29) is 18.5 Å². The summed E-state index contributed by atoms with van der Waals surface area (Å²) in [5, 5.41) is 3.21. The Morgan fingerprint density at radius 3 is 2.67 bits per heavy atom. The second-order valence-corrected chi connectivity index (χ2v) is 5.03. The fraction of sp³-hybridized carbons (Fsp3) is 0.846. The predicted molar refractivity (Wildman–Crippen MR) is 72.3 cm³/mol. The molecule has 3 N–H and O–H groups in total. The molecule has 0 bridgehead atoms. The average Bonchev–Trinajstić information content (AvgIpc) is 2.29. The number of rotatable bonds is 5. The van der Waals surface area contributed by atoms with Crippen LogP contribution in [-0.2, 0) is 9.53 Å². The standard InChI is InChI=1S/C13H25N3O2/c1-10(2)18-12(17)8-9-15-13(14)16-11-6-4-3-5-7-11/h10-11H,3-9H2,1-2H3,(H3,14,15,16). The van der Waals surface area contributed by atoms with E-state index in [1.54, 1.807) is 0 Å². The number of carbonyl (C=O) groups is 1. The molecule has 0 spiro atoms. The number of guanidine groups is 1. The molecule has 0 saturated heterocycles. The van der Waals surface area contributed by atoms with Crippen LogP contribution in [0.1, 0.15) is 52.4 Å². The number of aliphatic imine (C=N–C) groups is 1. The number of nitrogens with one attached hydrogen (secondary N) is 1. The van der Waals surface area contributed by atoms with Crippen molar-refractivity contribution >= 4 is 11.9 Å². The van der Waals surface area contributed by atoms with E-state index in [0.29, 0.717) is 18.5 Å². The second kappa shape index (κ2) is 7.95. The average molecular weight is 255 g/mol. The van der Waals surface area contributed by atoms with Crippen molar-refractivity contribution in [1.29, 1.82) is 0 Å². The van der Waals surface area contributed by atoms with Crippen molar-refractivity contribution in [2.75, 3.05) is 6.54 Å². The Labute approximate surface area is 109 Å². The van der Waals surface area contributed by atoms with Crippen LogP contribution in [0.15, 0.2) is 4.99 Å². The minimum Gasteiger partial charge on any atom is -0.463 e. The van der Waals surface area contributed by atoms with Gasteiger partial charge in [-0.1, -0.05) is 19.3 Å². The third-order valence-corrected chi connectivity index (χ3v) is 2.92. The summed E-state index contributed by atoms with van der Waals surface area (Å²) in [7, 11) is 0. The third kappa shape index (κ3) is 6.47. The lowest BCUT2D eigenvalue weighted by atomic mass is 9.96. The van der Waals surface area contributed by atoms with E-state index >= 15 is 0 Å². The Balaban J connectivity index is 2.18. The Kier molecular flexibility index (Phi) is 6.54. The number of ether oxygens (including phenoxy) is 1. The van der Waals surface area contributed by atoms with Gasteiger partial charge in [0.1, 0.15) is 0 Å². The first-order valence-electron chi connectivity index (χ1n) is 6.84. The molecule has 1 aliphatic carbocycles. The van der Waals surface area contributed by atoms with Gasteiger partial charge in [-0.3, -0.25) is 9.79 Å². The summed E-state index contributed by atoms with van der Waals surface area (Å²) in [6.07, 6.45) is 6.36. The molecule has 0 aromatic rings. The quantitative estimate of drug-likeness (QED) is 0.444. The Bertz CT molecular complexity index is 284. The van der Waals surface area contributed by atoms with Crippen LogP contribution >= 0.6 is 0 Å². The molecular formula is C13H25N3O2. The molecule has 5 nitrogen and oxygen atoms in total. The van der Waals surface area contributed by atoms with E-state index in [4.69, 9.17) is 10.5 Å². The van der Waals surface area contributed by atoms with Crippen molar-refractivity contribution in [3.63, 3.8) is 0 Å². The summed E-state index contributed by atoms with van der Waals surface area (Å²) in [5.41, 5.74) is 5.78. The maximum Gasteiger partial charge on any atom is 0.307 e. The monoisotopic (exact) mass is 255 g/mol.